The third kappa shape index (κ3) is 13.2. The smallest absolute Gasteiger partial charge is 0.326 e. The number of carbonyl (C=O) groups is 5. The van der Waals surface area contributed by atoms with Crippen LogP contribution in [0.3, 0.4) is 0 Å². The lowest BCUT2D eigenvalue weighted by Gasteiger charge is -2.24. The second-order valence-electron chi connectivity index (χ2n) is 7.14. The lowest BCUT2D eigenvalue weighted by molar-refractivity contribution is -0.147. The zero-order valence-corrected chi connectivity index (χ0v) is 19.4. The van der Waals surface area contributed by atoms with Gasteiger partial charge in [-0.2, -0.15) is 11.8 Å². The number of carboxylic acids is 2. The molecule has 11 N–H and O–H groups in total. The monoisotopic (exact) mass is 491 g/mol. The number of nitrogens with one attached hydrogen (secondary N) is 3. The molecule has 188 valence electrons. The average Bonchev–Trinajstić information content (AvgIpc) is 2.71. The first-order chi connectivity index (χ1) is 15.4. The van der Waals surface area contributed by atoms with Crippen LogP contribution in [0.15, 0.2) is 4.99 Å². The van der Waals surface area contributed by atoms with E-state index in [1.807, 2.05) is 6.26 Å². The van der Waals surface area contributed by atoms with Crippen LogP contribution in [0, 0.1) is 0 Å². The lowest BCUT2D eigenvalue weighted by atomic mass is 10.1. The summed E-state index contributed by atoms with van der Waals surface area (Å²) in [5.41, 5.74) is 16.1. The van der Waals surface area contributed by atoms with Gasteiger partial charge in [-0.1, -0.05) is 0 Å². The van der Waals surface area contributed by atoms with Crippen LogP contribution in [0.4, 0.5) is 0 Å². The molecule has 0 spiro atoms. The Morgan fingerprint density at radius 1 is 0.909 bits per heavy atom. The predicted octanol–water partition coefficient (Wildman–Crippen LogP) is -2.85. The minimum absolute atomic E-state index is 0.0181. The molecule has 0 heterocycles. The van der Waals surface area contributed by atoms with Crippen molar-refractivity contribution >= 4 is 47.4 Å². The summed E-state index contributed by atoms with van der Waals surface area (Å²) in [6.45, 7) is 1.59. The fraction of sp³-hybridized carbons (Fsp3) is 0.667. The van der Waals surface area contributed by atoms with E-state index in [1.165, 1.54) is 18.7 Å². The zero-order valence-electron chi connectivity index (χ0n) is 18.6. The van der Waals surface area contributed by atoms with Gasteiger partial charge < -0.3 is 43.4 Å². The first-order valence-electron chi connectivity index (χ1n) is 10.0. The maximum atomic E-state index is 12.8. The molecule has 0 bridgehead atoms. The molecule has 0 saturated heterocycles. The molecule has 3 amide bonds. The first kappa shape index (κ1) is 29.9. The van der Waals surface area contributed by atoms with E-state index in [0.29, 0.717) is 5.75 Å². The van der Waals surface area contributed by atoms with Crippen LogP contribution >= 0.6 is 11.8 Å². The molecule has 0 aliphatic rings. The van der Waals surface area contributed by atoms with Gasteiger partial charge in [0.15, 0.2) is 5.96 Å². The highest BCUT2D eigenvalue weighted by Gasteiger charge is 2.30. The van der Waals surface area contributed by atoms with Crippen LogP contribution in [0.1, 0.15) is 32.6 Å². The number of nitrogens with zero attached hydrogens (tertiary/aromatic N) is 1. The zero-order chi connectivity index (χ0) is 25.6. The van der Waals surface area contributed by atoms with E-state index in [1.54, 1.807) is 0 Å². The van der Waals surface area contributed by atoms with Gasteiger partial charge in [0.05, 0.1) is 12.5 Å². The molecule has 0 saturated carbocycles. The number of guanidine groups is 1. The van der Waals surface area contributed by atoms with Crippen molar-refractivity contribution in [3.63, 3.8) is 0 Å². The van der Waals surface area contributed by atoms with Gasteiger partial charge in [-0.3, -0.25) is 24.2 Å². The summed E-state index contributed by atoms with van der Waals surface area (Å²) in [6.07, 6.45) is 1.48. The number of thioether (sulfide) groups is 1. The summed E-state index contributed by atoms with van der Waals surface area (Å²) in [7, 11) is 0. The van der Waals surface area contributed by atoms with E-state index in [2.05, 4.69) is 20.9 Å². The van der Waals surface area contributed by atoms with Crippen molar-refractivity contribution in [3.8, 4) is 0 Å². The molecule has 0 aliphatic carbocycles. The number of hydrogen-bond donors (Lipinski definition) is 8. The largest absolute Gasteiger partial charge is 0.481 e. The van der Waals surface area contributed by atoms with E-state index in [0.717, 1.165) is 0 Å². The molecule has 33 heavy (non-hydrogen) atoms. The number of aliphatic imine (C=N–C) groups is 1. The van der Waals surface area contributed by atoms with Crippen molar-refractivity contribution in [1.82, 2.24) is 16.0 Å². The Labute approximate surface area is 195 Å². The summed E-state index contributed by atoms with van der Waals surface area (Å²) in [4.78, 5) is 63.5. The molecule has 0 rings (SSSR count). The number of amides is 3. The Morgan fingerprint density at radius 3 is 1.88 bits per heavy atom. The quantitative estimate of drug-likeness (QED) is 0.0619. The Balaban J connectivity index is 5.52. The minimum atomic E-state index is -1.70. The second-order valence-corrected chi connectivity index (χ2v) is 8.12. The van der Waals surface area contributed by atoms with Gasteiger partial charge in [0.1, 0.15) is 18.1 Å². The van der Waals surface area contributed by atoms with Crippen LogP contribution in [-0.2, 0) is 24.0 Å². The van der Waals surface area contributed by atoms with Gasteiger partial charge in [0.2, 0.25) is 17.7 Å². The molecule has 0 fully saturated rings. The second kappa shape index (κ2) is 15.7. The van der Waals surface area contributed by atoms with Crippen LogP contribution in [-0.4, -0.2) is 88.6 Å². The highest BCUT2D eigenvalue weighted by atomic mass is 32.2. The topological polar surface area (TPSA) is 252 Å². The van der Waals surface area contributed by atoms with Gasteiger partial charge in [0.25, 0.3) is 0 Å². The molecular weight excluding hydrogens is 458 g/mol. The van der Waals surface area contributed by atoms with E-state index in [4.69, 9.17) is 22.3 Å². The summed E-state index contributed by atoms with van der Waals surface area (Å²) < 4.78 is 0. The van der Waals surface area contributed by atoms with E-state index < -0.39 is 60.2 Å². The molecule has 4 atom stereocenters. The predicted molar refractivity (Wildman–Crippen MR) is 122 cm³/mol. The number of hydrogen-bond acceptors (Lipinski definition) is 8. The summed E-state index contributed by atoms with van der Waals surface area (Å²) in [6, 6.07) is -4.78. The third-order valence-corrected chi connectivity index (χ3v) is 4.87. The highest BCUT2D eigenvalue weighted by Crippen LogP contribution is 2.06. The Bertz CT molecular complexity index is 729. The standard InChI is InChI=1S/C18H33N7O7S/c1-9(19)14(28)23-11(5-7-33-2)16(30)24-10(4-3-6-22-18(20)21)15(29)25-12(17(31)32)8-13(26)27/h9-12H,3-8,19H2,1-2H3,(H,23,28)(H,24,30)(H,25,29)(H,26,27)(H,31,32)(H4,20,21,22). The van der Waals surface area contributed by atoms with Crippen molar-refractivity contribution in [1.29, 1.82) is 0 Å². The minimum Gasteiger partial charge on any atom is -0.481 e. The van der Waals surface area contributed by atoms with Crippen LogP contribution in [0.25, 0.3) is 0 Å². The number of carbonyl (C=O) groups excluding carboxylic acids is 3. The molecule has 0 radical (unpaired) electrons. The third-order valence-electron chi connectivity index (χ3n) is 4.23. The van der Waals surface area contributed by atoms with Gasteiger partial charge in [-0.15, -0.1) is 0 Å². The first-order valence-corrected chi connectivity index (χ1v) is 11.4. The van der Waals surface area contributed by atoms with Crippen molar-refractivity contribution in [2.24, 2.45) is 22.2 Å². The molecule has 0 aromatic rings. The molecule has 4 unspecified atom stereocenters. The number of rotatable bonds is 16. The number of carboxylic acid groups (broad SMARTS) is 2. The fourth-order valence-corrected chi connectivity index (χ4v) is 2.97. The average molecular weight is 492 g/mol. The van der Waals surface area contributed by atoms with Gasteiger partial charge in [0, 0.05) is 6.54 Å². The van der Waals surface area contributed by atoms with E-state index >= 15 is 0 Å². The van der Waals surface area contributed by atoms with Crippen molar-refractivity contribution in [3.05, 3.63) is 0 Å². The maximum Gasteiger partial charge on any atom is 0.326 e. The normalized spacial score (nSPS) is 14.2. The highest BCUT2D eigenvalue weighted by molar-refractivity contribution is 7.98. The van der Waals surface area contributed by atoms with Crippen LogP contribution < -0.4 is 33.2 Å². The van der Waals surface area contributed by atoms with E-state index in [-0.39, 0.29) is 31.8 Å². The van der Waals surface area contributed by atoms with Crippen molar-refractivity contribution in [2.75, 3.05) is 18.6 Å². The SMILES string of the molecule is CSCCC(NC(=O)C(C)N)C(=O)NC(CCCN=C(N)N)C(=O)NC(CC(=O)O)C(=O)O. The molecule has 0 aromatic carbocycles. The Hall–Kier alpha value is -3.07. The summed E-state index contributed by atoms with van der Waals surface area (Å²) in [5, 5.41) is 25.2. The lowest BCUT2D eigenvalue weighted by Crippen LogP contribution is -2.57. The fourth-order valence-electron chi connectivity index (χ4n) is 2.50. The molecular formula is C18H33N7O7S. The molecule has 0 aromatic heterocycles. The maximum absolute atomic E-state index is 12.8. The van der Waals surface area contributed by atoms with Crippen molar-refractivity contribution < 1.29 is 34.2 Å². The van der Waals surface area contributed by atoms with Gasteiger partial charge in [-0.05, 0) is 38.2 Å². The van der Waals surface area contributed by atoms with Gasteiger partial charge in [-0.25, -0.2) is 4.79 Å². The Kier molecular flexibility index (Phi) is 14.2. The Morgan fingerprint density at radius 2 is 1.42 bits per heavy atom. The van der Waals surface area contributed by atoms with Crippen LogP contribution in [0.2, 0.25) is 0 Å². The molecule has 15 heteroatoms. The van der Waals surface area contributed by atoms with Crippen molar-refractivity contribution in [2.45, 2.75) is 56.8 Å². The summed E-state index contributed by atoms with van der Waals surface area (Å²) in [5.74, 6) is -4.74. The number of aliphatic carboxylic acids is 2. The molecule has 0 aliphatic heterocycles. The molecule has 14 nitrogen and oxygen atoms in total. The van der Waals surface area contributed by atoms with Gasteiger partial charge >= 0.3 is 11.9 Å². The number of nitrogens with two attached hydrogens (primary N) is 3. The summed E-state index contributed by atoms with van der Waals surface area (Å²) >= 11 is 1.44. The van der Waals surface area contributed by atoms with Crippen LogP contribution in [0.5, 0.6) is 0 Å². The van der Waals surface area contributed by atoms with E-state index in [9.17, 15) is 29.1 Å².